The summed E-state index contributed by atoms with van der Waals surface area (Å²) in [5.41, 5.74) is -0.362. The standard InChI is InChI=1S/C14H26N2O2/c1-12-6-3-4-7-14(12,13(17)18-2)16-10-5-8-15-9-11-16/h12,15H,3-11H2,1-2H3. The quantitative estimate of drug-likeness (QED) is 0.756. The molecular weight excluding hydrogens is 228 g/mol. The van der Waals surface area contributed by atoms with E-state index in [1.807, 2.05) is 0 Å². The Morgan fingerprint density at radius 3 is 2.83 bits per heavy atom. The van der Waals surface area contributed by atoms with Crippen LogP contribution in [0.3, 0.4) is 0 Å². The highest BCUT2D eigenvalue weighted by Crippen LogP contribution is 2.39. The summed E-state index contributed by atoms with van der Waals surface area (Å²) >= 11 is 0. The van der Waals surface area contributed by atoms with Gasteiger partial charge in [0.15, 0.2) is 0 Å². The molecular formula is C14H26N2O2. The van der Waals surface area contributed by atoms with E-state index in [1.54, 1.807) is 0 Å². The summed E-state index contributed by atoms with van der Waals surface area (Å²) < 4.78 is 5.16. The first-order valence-electron chi connectivity index (χ1n) is 7.26. The van der Waals surface area contributed by atoms with Crippen LogP contribution in [0.2, 0.25) is 0 Å². The van der Waals surface area contributed by atoms with Gasteiger partial charge in [-0.15, -0.1) is 0 Å². The van der Waals surface area contributed by atoms with Gasteiger partial charge in [0, 0.05) is 19.6 Å². The fourth-order valence-electron chi connectivity index (χ4n) is 3.65. The molecule has 0 aromatic heterocycles. The van der Waals surface area contributed by atoms with Crippen LogP contribution in [0, 0.1) is 5.92 Å². The van der Waals surface area contributed by atoms with E-state index in [0.29, 0.717) is 5.92 Å². The average molecular weight is 254 g/mol. The van der Waals surface area contributed by atoms with Gasteiger partial charge in [0.1, 0.15) is 5.54 Å². The predicted molar refractivity (Wildman–Crippen MR) is 71.4 cm³/mol. The third-order valence-corrected chi connectivity index (χ3v) is 4.70. The van der Waals surface area contributed by atoms with Crippen molar-refractivity contribution in [2.75, 3.05) is 33.3 Å². The second-order valence-corrected chi connectivity index (χ2v) is 5.65. The van der Waals surface area contributed by atoms with E-state index >= 15 is 0 Å². The molecule has 1 aliphatic heterocycles. The van der Waals surface area contributed by atoms with Crippen molar-refractivity contribution < 1.29 is 9.53 Å². The zero-order chi connectivity index (χ0) is 13.0. The Labute approximate surface area is 110 Å². The summed E-state index contributed by atoms with van der Waals surface area (Å²) in [5.74, 6) is 0.383. The van der Waals surface area contributed by atoms with Gasteiger partial charge in [-0.1, -0.05) is 19.8 Å². The van der Waals surface area contributed by atoms with Gasteiger partial charge in [0.25, 0.3) is 0 Å². The lowest BCUT2D eigenvalue weighted by molar-refractivity contribution is -0.162. The summed E-state index contributed by atoms with van der Waals surface area (Å²) in [6.45, 7) is 6.22. The largest absolute Gasteiger partial charge is 0.468 e. The number of nitrogens with one attached hydrogen (secondary N) is 1. The van der Waals surface area contributed by atoms with Crippen molar-refractivity contribution in [3.63, 3.8) is 0 Å². The highest BCUT2D eigenvalue weighted by Gasteiger charge is 2.50. The van der Waals surface area contributed by atoms with Crippen LogP contribution in [0.25, 0.3) is 0 Å². The number of methoxy groups -OCH3 is 1. The Kier molecular flexibility index (Phi) is 4.62. The first-order valence-corrected chi connectivity index (χ1v) is 7.26. The number of rotatable bonds is 2. The van der Waals surface area contributed by atoms with Gasteiger partial charge in [0.05, 0.1) is 7.11 Å². The molecule has 1 saturated heterocycles. The predicted octanol–water partition coefficient (Wildman–Crippen LogP) is 1.40. The van der Waals surface area contributed by atoms with Crippen molar-refractivity contribution >= 4 is 5.97 Å². The molecule has 18 heavy (non-hydrogen) atoms. The van der Waals surface area contributed by atoms with Crippen molar-refractivity contribution in [1.82, 2.24) is 10.2 Å². The zero-order valence-electron chi connectivity index (χ0n) is 11.7. The van der Waals surface area contributed by atoms with Crippen LogP contribution in [0.4, 0.5) is 0 Å². The first kappa shape index (κ1) is 13.8. The van der Waals surface area contributed by atoms with E-state index in [1.165, 1.54) is 13.5 Å². The van der Waals surface area contributed by atoms with E-state index < -0.39 is 0 Å². The van der Waals surface area contributed by atoms with E-state index in [4.69, 9.17) is 4.74 Å². The number of hydrogen-bond acceptors (Lipinski definition) is 4. The minimum absolute atomic E-state index is 0.0170. The monoisotopic (exact) mass is 254 g/mol. The van der Waals surface area contributed by atoms with Crippen molar-refractivity contribution in [2.24, 2.45) is 5.92 Å². The van der Waals surface area contributed by atoms with Crippen LogP contribution in [-0.2, 0) is 9.53 Å². The van der Waals surface area contributed by atoms with E-state index in [-0.39, 0.29) is 11.5 Å². The van der Waals surface area contributed by atoms with E-state index in [2.05, 4.69) is 17.1 Å². The Morgan fingerprint density at radius 2 is 2.11 bits per heavy atom. The number of nitrogens with zero attached hydrogens (tertiary/aromatic N) is 1. The number of carbonyl (C=O) groups is 1. The highest BCUT2D eigenvalue weighted by molar-refractivity contribution is 5.81. The third kappa shape index (κ3) is 2.41. The second kappa shape index (κ2) is 6.02. The van der Waals surface area contributed by atoms with Gasteiger partial charge in [-0.2, -0.15) is 0 Å². The minimum Gasteiger partial charge on any atom is -0.468 e. The molecule has 0 radical (unpaired) electrons. The molecule has 2 atom stereocenters. The van der Waals surface area contributed by atoms with Crippen LogP contribution in [0.5, 0.6) is 0 Å². The van der Waals surface area contributed by atoms with Gasteiger partial charge in [-0.05, 0) is 31.7 Å². The number of ether oxygens (including phenoxy) is 1. The lowest BCUT2D eigenvalue weighted by Gasteiger charge is -2.47. The van der Waals surface area contributed by atoms with Crippen molar-refractivity contribution in [3.8, 4) is 0 Å². The molecule has 0 bridgehead atoms. The Balaban J connectivity index is 2.24. The van der Waals surface area contributed by atoms with Gasteiger partial charge in [-0.25, -0.2) is 0 Å². The fourth-order valence-corrected chi connectivity index (χ4v) is 3.65. The maximum absolute atomic E-state index is 12.4. The van der Waals surface area contributed by atoms with Crippen molar-refractivity contribution in [1.29, 1.82) is 0 Å². The van der Waals surface area contributed by atoms with Crippen molar-refractivity contribution in [2.45, 2.75) is 44.6 Å². The number of hydrogen-bond donors (Lipinski definition) is 1. The lowest BCUT2D eigenvalue weighted by atomic mass is 9.72. The molecule has 0 amide bonds. The molecule has 4 heteroatoms. The summed E-state index contributed by atoms with van der Waals surface area (Å²) in [4.78, 5) is 14.8. The number of esters is 1. The molecule has 0 spiro atoms. The highest BCUT2D eigenvalue weighted by atomic mass is 16.5. The molecule has 2 unspecified atom stereocenters. The van der Waals surface area contributed by atoms with Gasteiger partial charge >= 0.3 is 5.97 Å². The smallest absolute Gasteiger partial charge is 0.326 e. The minimum atomic E-state index is -0.362. The van der Waals surface area contributed by atoms with Gasteiger partial charge in [-0.3, -0.25) is 9.69 Å². The van der Waals surface area contributed by atoms with Crippen LogP contribution < -0.4 is 5.32 Å². The number of carbonyl (C=O) groups excluding carboxylic acids is 1. The van der Waals surface area contributed by atoms with Crippen molar-refractivity contribution in [3.05, 3.63) is 0 Å². The van der Waals surface area contributed by atoms with E-state index in [0.717, 1.165) is 51.9 Å². The molecule has 0 aromatic rings. The molecule has 2 aliphatic rings. The van der Waals surface area contributed by atoms with Gasteiger partial charge < -0.3 is 10.1 Å². The molecule has 1 heterocycles. The second-order valence-electron chi connectivity index (χ2n) is 5.65. The SMILES string of the molecule is COC(=O)C1(N2CCCNCC2)CCCCC1C. The Bertz CT molecular complexity index is 288. The van der Waals surface area contributed by atoms with Crippen LogP contribution in [0.15, 0.2) is 0 Å². The summed E-state index contributed by atoms with van der Waals surface area (Å²) in [6.07, 6.45) is 5.60. The fraction of sp³-hybridized carbons (Fsp3) is 0.929. The molecule has 104 valence electrons. The van der Waals surface area contributed by atoms with Gasteiger partial charge in [0.2, 0.25) is 0 Å². The molecule has 0 aromatic carbocycles. The molecule has 2 rings (SSSR count). The lowest BCUT2D eigenvalue weighted by Crippen LogP contribution is -2.61. The summed E-state index contributed by atoms with van der Waals surface area (Å²) in [6, 6.07) is 0. The average Bonchev–Trinajstić information content (AvgIpc) is 2.68. The summed E-state index contributed by atoms with van der Waals surface area (Å²) in [7, 11) is 1.53. The normalized spacial score (nSPS) is 34.9. The maximum atomic E-state index is 12.4. The van der Waals surface area contributed by atoms with Crippen LogP contribution >= 0.6 is 0 Å². The summed E-state index contributed by atoms with van der Waals surface area (Å²) in [5, 5.41) is 3.41. The Hall–Kier alpha value is -0.610. The molecule has 1 saturated carbocycles. The van der Waals surface area contributed by atoms with Crippen LogP contribution in [0.1, 0.15) is 39.0 Å². The third-order valence-electron chi connectivity index (χ3n) is 4.70. The zero-order valence-corrected chi connectivity index (χ0v) is 11.7. The topological polar surface area (TPSA) is 41.6 Å². The van der Waals surface area contributed by atoms with Crippen LogP contribution in [-0.4, -0.2) is 49.7 Å². The van der Waals surface area contributed by atoms with E-state index in [9.17, 15) is 4.79 Å². The maximum Gasteiger partial charge on any atom is 0.326 e. The molecule has 1 N–H and O–H groups in total. The molecule has 2 fully saturated rings. The molecule has 1 aliphatic carbocycles. The Morgan fingerprint density at radius 1 is 1.28 bits per heavy atom. The first-order chi connectivity index (χ1) is 8.71. The molecule has 4 nitrogen and oxygen atoms in total.